The second-order valence-corrected chi connectivity index (χ2v) is 5.73. The van der Waals surface area contributed by atoms with Crippen molar-refractivity contribution in [1.82, 2.24) is 10.2 Å². The Labute approximate surface area is 124 Å². The van der Waals surface area contributed by atoms with Crippen molar-refractivity contribution < 1.29 is 18.7 Å². The first-order valence-corrected chi connectivity index (χ1v) is 7.47. The third kappa shape index (κ3) is 2.81. The molecule has 6 heteroatoms. The molecule has 1 heterocycles. The van der Waals surface area contributed by atoms with Crippen molar-refractivity contribution in [3.05, 3.63) is 11.4 Å². The number of nitrogens with zero attached hydrogens (tertiary/aromatic N) is 1. The molecule has 2 fully saturated rings. The molecule has 118 valence electrons. The molecule has 0 aromatic rings. The van der Waals surface area contributed by atoms with Gasteiger partial charge in [-0.05, 0) is 44.1 Å². The standard InChI is InChI=1S/C15H23FN2O3/c1-17-14(20)15(10-21-2)8-5-9-18(15)13(19)12(16)11-6-3-4-7-11/h3-10H2,1-2H3,(H,17,20). The molecule has 1 aliphatic carbocycles. The quantitative estimate of drug-likeness (QED) is 0.801. The molecule has 0 spiro atoms. The fourth-order valence-corrected chi connectivity index (χ4v) is 3.39. The Bertz CT molecular complexity index is 456. The van der Waals surface area contributed by atoms with Crippen molar-refractivity contribution in [2.24, 2.45) is 0 Å². The number of methoxy groups -OCH3 is 1. The molecule has 0 aromatic carbocycles. The van der Waals surface area contributed by atoms with Crippen LogP contribution in [0.3, 0.4) is 0 Å². The van der Waals surface area contributed by atoms with Crippen LogP contribution in [0.4, 0.5) is 4.39 Å². The van der Waals surface area contributed by atoms with Gasteiger partial charge < -0.3 is 15.0 Å². The third-order valence-electron chi connectivity index (χ3n) is 4.47. The predicted molar refractivity (Wildman–Crippen MR) is 76.2 cm³/mol. The van der Waals surface area contributed by atoms with Crippen LogP contribution in [0.25, 0.3) is 0 Å². The van der Waals surface area contributed by atoms with E-state index in [1.165, 1.54) is 19.1 Å². The van der Waals surface area contributed by atoms with E-state index in [9.17, 15) is 14.0 Å². The number of likely N-dealkylation sites (N-methyl/N-ethyl adjacent to an activating group) is 1. The highest BCUT2D eigenvalue weighted by Crippen LogP contribution is 2.34. The Morgan fingerprint density at radius 1 is 1.33 bits per heavy atom. The van der Waals surface area contributed by atoms with Gasteiger partial charge in [0.2, 0.25) is 5.91 Å². The molecule has 2 rings (SSSR count). The van der Waals surface area contributed by atoms with Gasteiger partial charge in [0.25, 0.3) is 5.91 Å². The van der Waals surface area contributed by atoms with Crippen molar-refractivity contribution in [2.75, 3.05) is 27.3 Å². The van der Waals surface area contributed by atoms with Gasteiger partial charge in [-0.3, -0.25) is 9.59 Å². The molecule has 1 aliphatic heterocycles. The number of nitrogens with one attached hydrogen (secondary N) is 1. The SMILES string of the molecule is CNC(=O)C1(COC)CCCN1C(=O)C(F)=C1CCCC1. The lowest BCUT2D eigenvalue weighted by molar-refractivity contribution is -0.146. The second kappa shape index (κ2) is 6.56. The van der Waals surface area contributed by atoms with E-state index in [-0.39, 0.29) is 12.5 Å². The number of hydrogen-bond donors (Lipinski definition) is 1. The van der Waals surface area contributed by atoms with Gasteiger partial charge in [-0.15, -0.1) is 0 Å². The molecule has 2 aliphatic rings. The van der Waals surface area contributed by atoms with Crippen LogP contribution >= 0.6 is 0 Å². The number of carbonyl (C=O) groups excluding carboxylic acids is 2. The Hall–Kier alpha value is -1.43. The predicted octanol–water partition coefficient (Wildman–Crippen LogP) is 1.54. The average molecular weight is 298 g/mol. The lowest BCUT2D eigenvalue weighted by Gasteiger charge is -2.36. The zero-order valence-electron chi connectivity index (χ0n) is 12.7. The van der Waals surface area contributed by atoms with Crippen LogP contribution in [-0.4, -0.2) is 49.6 Å². The summed E-state index contributed by atoms with van der Waals surface area (Å²) in [6.45, 7) is 0.470. The average Bonchev–Trinajstić information content (AvgIpc) is 3.15. The Morgan fingerprint density at radius 2 is 2.00 bits per heavy atom. The molecule has 1 atom stereocenters. The van der Waals surface area contributed by atoms with E-state index in [0.717, 1.165) is 12.8 Å². The molecule has 5 nitrogen and oxygen atoms in total. The van der Waals surface area contributed by atoms with E-state index in [4.69, 9.17) is 4.74 Å². The number of likely N-dealkylation sites (tertiary alicyclic amines) is 1. The van der Waals surface area contributed by atoms with Gasteiger partial charge in [0, 0.05) is 20.7 Å². The fraction of sp³-hybridized carbons (Fsp3) is 0.733. The number of allylic oxidation sites excluding steroid dienone is 1. The number of ether oxygens (including phenoxy) is 1. The van der Waals surface area contributed by atoms with E-state index in [0.29, 0.717) is 37.8 Å². The van der Waals surface area contributed by atoms with Gasteiger partial charge in [-0.25, -0.2) is 4.39 Å². The maximum absolute atomic E-state index is 14.4. The zero-order valence-corrected chi connectivity index (χ0v) is 12.7. The highest BCUT2D eigenvalue weighted by atomic mass is 19.1. The van der Waals surface area contributed by atoms with Crippen molar-refractivity contribution in [2.45, 2.75) is 44.1 Å². The topological polar surface area (TPSA) is 58.6 Å². The molecule has 0 bridgehead atoms. The maximum Gasteiger partial charge on any atom is 0.283 e. The van der Waals surface area contributed by atoms with Crippen LogP contribution in [-0.2, 0) is 14.3 Å². The number of hydrogen-bond acceptors (Lipinski definition) is 3. The number of carbonyl (C=O) groups is 2. The van der Waals surface area contributed by atoms with Crippen LogP contribution in [0.1, 0.15) is 38.5 Å². The van der Waals surface area contributed by atoms with E-state index < -0.39 is 17.3 Å². The van der Waals surface area contributed by atoms with E-state index in [2.05, 4.69) is 5.32 Å². The lowest BCUT2D eigenvalue weighted by Crippen LogP contribution is -2.59. The first-order chi connectivity index (χ1) is 10.1. The summed E-state index contributed by atoms with van der Waals surface area (Å²) in [7, 11) is 3.00. The highest BCUT2D eigenvalue weighted by molar-refractivity contribution is 5.98. The largest absolute Gasteiger partial charge is 0.382 e. The monoisotopic (exact) mass is 298 g/mol. The minimum absolute atomic E-state index is 0.0844. The van der Waals surface area contributed by atoms with Crippen LogP contribution < -0.4 is 5.32 Å². The first-order valence-electron chi connectivity index (χ1n) is 7.47. The summed E-state index contributed by atoms with van der Waals surface area (Å²) in [5.41, 5.74) is -0.494. The van der Waals surface area contributed by atoms with Crippen molar-refractivity contribution >= 4 is 11.8 Å². The molecule has 1 unspecified atom stereocenters. The minimum Gasteiger partial charge on any atom is -0.382 e. The van der Waals surface area contributed by atoms with Gasteiger partial charge in [0.05, 0.1) is 6.61 Å². The number of amides is 2. The number of halogens is 1. The van der Waals surface area contributed by atoms with Crippen LogP contribution in [0, 0.1) is 0 Å². The fourth-order valence-electron chi connectivity index (χ4n) is 3.39. The zero-order chi connectivity index (χ0) is 15.5. The molecule has 1 saturated carbocycles. The Balaban J connectivity index is 2.29. The molecule has 21 heavy (non-hydrogen) atoms. The molecule has 2 amide bonds. The van der Waals surface area contributed by atoms with Crippen LogP contribution in [0.2, 0.25) is 0 Å². The molecular formula is C15H23FN2O3. The summed E-state index contributed by atoms with van der Waals surface area (Å²) >= 11 is 0. The molecule has 1 N–H and O–H groups in total. The first kappa shape index (κ1) is 15.9. The highest BCUT2D eigenvalue weighted by Gasteiger charge is 2.50. The number of rotatable bonds is 4. The smallest absolute Gasteiger partial charge is 0.283 e. The summed E-state index contributed by atoms with van der Waals surface area (Å²) in [5.74, 6) is -1.62. The Morgan fingerprint density at radius 3 is 2.57 bits per heavy atom. The van der Waals surface area contributed by atoms with Crippen molar-refractivity contribution in [1.29, 1.82) is 0 Å². The lowest BCUT2D eigenvalue weighted by atomic mass is 9.95. The summed E-state index contributed by atoms with van der Waals surface area (Å²) in [4.78, 5) is 26.1. The van der Waals surface area contributed by atoms with Crippen molar-refractivity contribution in [3.63, 3.8) is 0 Å². The van der Waals surface area contributed by atoms with Crippen molar-refractivity contribution in [3.8, 4) is 0 Å². The van der Waals surface area contributed by atoms with E-state index in [1.54, 1.807) is 0 Å². The van der Waals surface area contributed by atoms with E-state index in [1.807, 2.05) is 0 Å². The van der Waals surface area contributed by atoms with Crippen LogP contribution in [0.15, 0.2) is 11.4 Å². The molecule has 1 saturated heterocycles. The van der Waals surface area contributed by atoms with E-state index >= 15 is 0 Å². The third-order valence-corrected chi connectivity index (χ3v) is 4.47. The summed E-state index contributed by atoms with van der Waals surface area (Å²) in [5, 5.41) is 2.57. The van der Waals surface area contributed by atoms with Gasteiger partial charge in [0.1, 0.15) is 5.54 Å². The summed E-state index contributed by atoms with van der Waals surface area (Å²) in [6.07, 6.45) is 4.30. The Kier molecular flexibility index (Phi) is 4.98. The summed E-state index contributed by atoms with van der Waals surface area (Å²) < 4.78 is 19.6. The van der Waals surface area contributed by atoms with Gasteiger partial charge in [0.15, 0.2) is 5.83 Å². The molecule has 0 radical (unpaired) electrons. The summed E-state index contributed by atoms with van der Waals surface area (Å²) in [6, 6.07) is 0. The normalized spacial score (nSPS) is 25.3. The van der Waals surface area contributed by atoms with Gasteiger partial charge >= 0.3 is 0 Å². The van der Waals surface area contributed by atoms with Crippen LogP contribution in [0.5, 0.6) is 0 Å². The van der Waals surface area contributed by atoms with Gasteiger partial charge in [-0.1, -0.05) is 0 Å². The van der Waals surface area contributed by atoms with Gasteiger partial charge in [-0.2, -0.15) is 0 Å². The molecular weight excluding hydrogens is 275 g/mol. The minimum atomic E-state index is -1.09. The maximum atomic E-state index is 14.4. The second-order valence-electron chi connectivity index (χ2n) is 5.73. The molecule has 0 aromatic heterocycles.